The summed E-state index contributed by atoms with van der Waals surface area (Å²) in [6.07, 6.45) is 6.48. The van der Waals surface area contributed by atoms with E-state index in [0.717, 1.165) is 60.3 Å². The Hall–Kier alpha value is -2.10. The Labute approximate surface area is 159 Å². The maximum Gasteiger partial charge on any atom is 0.165 e. The molecule has 3 aromatic rings. The summed E-state index contributed by atoms with van der Waals surface area (Å²) in [6, 6.07) is 15.9. The minimum Gasteiger partial charge on any atom is -0.360 e. The molecule has 1 heterocycles. The minimum absolute atomic E-state index is 0.231. The molecule has 26 heavy (non-hydrogen) atoms. The van der Waals surface area contributed by atoms with E-state index in [1.807, 2.05) is 48.7 Å². The predicted octanol–water partition coefficient (Wildman–Crippen LogP) is 5.40. The molecule has 0 spiro atoms. The third-order valence-corrected chi connectivity index (χ3v) is 5.04. The summed E-state index contributed by atoms with van der Waals surface area (Å²) in [6.45, 7) is 1.91. The third-order valence-electron chi connectivity index (χ3n) is 4.68. The normalized spacial score (nSPS) is 11.1. The Morgan fingerprint density at radius 2 is 1.77 bits per heavy atom. The Morgan fingerprint density at radius 3 is 2.65 bits per heavy atom. The number of ketones is 1. The second-order valence-corrected chi connectivity index (χ2v) is 6.98. The first kappa shape index (κ1) is 18.7. The van der Waals surface area contributed by atoms with Crippen LogP contribution in [0, 0.1) is 0 Å². The fourth-order valence-electron chi connectivity index (χ4n) is 3.20. The molecular formula is C22H25ClN2O. The first-order valence-electron chi connectivity index (χ1n) is 9.29. The molecule has 0 aliphatic heterocycles. The summed E-state index contributed by atoms with van der Waals surface area (Å²) in [5.41, 5.74) is 3.03. The van der Waals surface area contributed by atoms with Gasteiger partial charge in [-0.25, -0.2) is 0 Å². The second kappa shape index (κ2) is 9.56. The minimum atomic E-state index is 0.231. The maximum atomic E-state index is 12.4. The lowest BCUT2D eigenvalue weighted by molar-refractivity contribution is 0.0981. The molecule has 2 aromatic carbocycles. The van der Waals surface area contributed by atoms with Crippen LogP contribution in [0.1, 0.15) is 41.6 Å². The fourth-order valence-corrected chi connectivity index (χ4v) is 3.43. The number of unbranched alkanes of at least 4 members (excludes halogenated alkanes) is 2. The van der Waals surface area contributed by atoms with Crippen LogP contribution in [0.5, 0.6) is 0 Å². The second-order valence-electron chi connectivity index (χ2n) is 6.57. The van der Waals surface area contributed by atoms with Crippen LogP contribution in [0.3, 0.4) is 0 Å². The molecule has 4 heteroatoms. The van der Waals surface area contributed by atoms with E-state index >= 15 is 0 Å². The van der Waals surface area contributed by atoms with Crippen molar-refractivity contribution >= 4 is 28.3 Å². The van der Waals surface area contributed by atoms with Crippen molar-refractivity contribution in [2.24, 2.45) is 0 Å². The van der Waals surface area contributed by atoms with E-state index in [-0.39, 0.29) is 5.78 Å². The van der Waals surface area contributed by atoms with Gasteiger partial charge >= 0.3 is 0 Å². The Kier molecular flexibility index (Phi) is 6.87. The molecule has 0 aliphatic carbocycles. The topological polar surface area (TPSA) is 44.9 Å². The standard InChI is InChI=1S/C22H25ClN2O/c23-20-10-5-3-8-17(20)13-15-24-14-7-1-2-12-22(26)19-16-25-21-11-6-4-9-18(19)21/h3-6,8-11,16,24-25H,1-2,7,12-15H2. The van der Waals surface area contributed by atoms with Crippen molar-refractivity contribution < 1.29 is 4.79 Å². The van der Waals surface area contributed by atoms with E-state index in [0.29, 0.717) is 6.42 Å². The van der Waals surface area contributed by atoms with Crippen LogP contribution in [-0.2, 0) is 6.42 Å². The number of rotatable bonds is 10. The Morgan fingerprint density at radius 1 is 0.962 bits per heavy atom. The molecule has 0 radical (unpaired) electrons. The molecule has 3 nitrogen and oxygen atoms in total. The summed E-state index contributed by atoms with van der Waals surface area (Å²) >= 11 is 6.15. The molecular weight excluding hydrogens is 344 g/mol. The van der Waals surface area contributed by atoms with Gasteiger partial charge in [-0.2, -0.15) is 0 Å². The van der Waals surface area contributed by atoms with E-state index in [9.17, 15) is 4.79 Å². The van der Waals surface area contributed by atoms with Crippen molar-refractivity contribution in [3.05, 3.63) is 70.9 Å². The number of para-hydroxylation sites is 1. The van der Waals surface area contributed by atoms with Gasteiger partial charge in [0.15, 0.2) is 5.78 Å². The molecule has 0 unspecified atom stereocenters. The van der Waals surface area contributed by atoms with E-state index in [2.05, 4.69) is 16.4 Å². The van der Waals surface area contributed by atoms with Crippen LogP contribution >= 0.6 is 11.6 Å². The molecule has 0 bridgehead atoms. The van der Waals surface area contributed by atoms with Crippen LogP contribution in [0.4, 0.5) is 0 Å². The van der Waals surface area contributed by atoms with Crippen LogP contribution in [0.15, 0.2) is 54.7 Å². The lowest BCUT2D eigenvalue weighted by Crippen LogP contribution is -2.18. The molecule has 0 saturated heterocycles. The van der Waals surface area contributed by atoms with Gasteiger partial charge in [-0.3, -0.25) is 4.79 Å². The number of hydrogen-bond acceptors (Lipinski definition) is 2. The van der Waals surface area contributed by atoms with Gasteiger partial charge in [0.25, 0.3) is 0 Å². The van der Waals surface area contributed by atoms with Gasteiger partial charge in [0.05, 0.1) is 0 Å². The molecule has 1 aromatic heterocycles. The number of hydrogen-bond donors (Lipinski definition) is 2. The molecule has 0 atom stereocenters. The van der Waals surface area contributed by atoms with E-state index in [4.69, 9.17) is 11.6 Å². The van der Waals surface area contributed by atoms with Gasteiger partial charge in [-0.05, 0) is 50.0 Å². The molecule has 136 valence electrons. The van der Waals surface area contributed by atoms with Crippen LogP contribution in [0.25, 0.3) is 10.9 Å². The van der Waals surface area contributed by atoms with Gasteiger partial charge in [0.1, 0.15) is 0 Å². The zero-order chi connectivity index (χ0) is 18.2. The molecule has 0 fully saturated rings. The highest BCUT2D eigenvalue weighted by Crippen LogP contribution is 2.20. The summed E-state index contributed by atoms with van der Waals surface area (Å²) < 4.78 is 0. The highest BCUT2D eigenvalue weighted by molar-refractivity contribution is 6.31. The smallest absolute Gasteiger partial charge is 0.165 e. The van der Waals surface area contributed by atoms with Crippen molar-refractivity contribution in [1.29, 1.82) is 0 Å². The first-order valence-corrected chi connectivity index (χ1v) is 9.67. The van der Waals surface area contributed by atoms with Crippen molar-refractivity contribution in [2.75, 3.05) is 13.1 Å². The van der Waals surface area contributed by atoms with Crippen LogP contribution < -0.4 is 5.32 Å². The number of nitrogens with one attached hydrogen (secondary N) is 2. The van der Waals surface area contributed by atoms with Gasteiger partial charge in [-0.15, -0.1) is 0 Å². The Bertz CT molecular complexity index is 856. The number of carbonyl (C=O) groups excluding carboxylic acids is 1. The Balaban J connectivity index is 1.30. The van der Waals surface area contributed by atoms with E-state index in [1.165, 1.54) is 5.56 Å². The fraction of sp³-hybridized carbons (Fsp3) is 0.318. The number of fused-ring (bicyclic) bond motifs is 1. The van der Waals surface area contributed by atoms with Crippen molar-refractivity contribution in [3.8, 4) is 0 Å². The number of carbonyl (C=O) groups is 1. The van der Waals surface area contributed by atoms with Gasteiger partial charge in [-0.1, -0.05) is 54.4 Å². The number of benzene rings is 2. The summed E-state index contributed by atoms with van der Waals surface area (Å²) in [4.78, 5) is 15.6. The number of H-pyrrole nitrogens is 1. The van der Waals surface area contributed by atoms with Crippen molar-refractivity contribution in [1.82, 2.24) is 10.3 Å². The summed E-state index contributed by atoms with van der Waals surface area (Å²) in [5, 5.41) is 5.32. The zero-order valence-corrected chi connectivity index (χ0v) is 15.7. The van der Waals surface area contributed by atoms with E-state index < -0.39 is 0 Å². The van der Waals surface area contributed by atoms with Crippen molar-refractivity contribution in [3.63, 3.8) is 0 Å². The SMILES string of the molecule is O=C(CCCCCNCCc1ccccc1Cl)c1c[nH]c2ccccc12. The van der Waals surface area contributed by atoms with Crippen LogP contribution in [0.2, 0.25) is 5.02 Å². The highest BCUT2D eigenvalue weighted by Gasteiger charge is 2.10. The average molecular weight is 369 g/mol. The summed E-state index contributed by atoms with van der Waals surface area (Å²) in [7, 11) is 0. The molecule has 2 N–H and O–H groups in total. The number of aromatic nitrogens is 1. The maximum absolute atomic E-state index is 12.4. The first-order chi connectivity index (χ1) is 12.8. The summed E-state index contributed by atoms with van der Waals surface area (Å²) in [5.74, 6) is 0.231. The number of aromatic amines is 1. The lowest BCUT2D eigenvalue weighted by Gasteiger charge is -2.06. The molecule has 0 amide bonds. The average Bonchev–Trinajstić information content (AvgIpc) is 3.09. The molecule has 0 aliphatic rings. The number of Topliss-reactive ketones (excluding diaryl/α,β-unsaturated/α-hetero) is 1. The largest absolute Gasteiger partial charge is 0.360 e. The van der Waals surface area contributed by atoms with E-state index in [1.54, 1.807) is 0 Å². The molecule has 0 saturated carbocycles. The van der Waals surface area contributed by atoms with Gasteiger partial charge < -0.3 is 10.3 Å². The van der Waals surface area contributed by atoms with Crippen molar-refractivity contribution in [2.45, 2.75) is 32.1 Å². The third kappa shape index (κ3) is 4.96. The van der Waals surface area contributed by atoms with Gasteiger partial charge in [0, 0.05) is 34.1 Å². The monoisotopic (exact) mass is 368 g/mol. The lowest BCUT2D eigenvalue weighted by atomic mass is 10.0. The predicted molar refractivity (Wildman–Crippen MR) is 109 cm³/mol. The number of halogens is 1. The van der Waals surface area contributed by atoms with Crippen LogP contribution in [-0.4, -0.2) is 23.9 Å². The quantitative estimate of drug-likeness (QED) is 0.372. The highest BCUT2D eigenvalue weighted by atomic mass is 35.5. The molecule has 3 rings (SSSR count). The van der Waals surface area contributed by atoms with Gasteiger partial charge in [0.2, 0.25) is 0 Å². The zero-order valence-electron chi connectivity index (χ0n) is 14.9.